The second-order valence-corrected chi connectivity index (χ2v) is 3.75. The number of aryl methyl sites for hydroxylation is 2. The van der Waals surface area contributed by atoms with Crippen molar-refractivity contribution in [2.45, 2.75) is 20.3 Å². The molecule has 0 fully saturated rings. The number of H-pyrrole nitrogens is 1. The Balaban J connectivity index is 2.09. The predicted molar refractivity (Wildman–Crippen MR) is 64.9 cm³/mol. The normalized spacial score (nSPS) is 10.2. The summed E-state index contributed by atoms with van der Waals surface area (Å²) in [6.45, 7) is 3.85. The van der Waals surface area contributed by atoms with Crippen LogP contribution in [0.25, 0.3) is 0 Å². The van der Waals surface area contributed by atoms with Gasteiger partial charge < -0.3 is 0 Å². The van der Waals surface area contributed by atoms with Gasteiger partial charge in [0.15, 0.2) is 0 Å². The molecular formula is C12H14N4O. The number of anilines is 1. The van der Waals surface area contributed by atoms with Crippen molar-refractivity contribution in [3.05, 3.63) is 41.2 Å². The lowest BCUT2D eigenvalue weighted by Gasteiger charge is -2.02. The van der Waals surface area contributed by atoms with Crippen molar-refractivity contribution in [3.8, 4) is 0 Å². The quantitative estimate of drug-likeness (QED) is 0.846. The molecule has 0 bridgehead atoms. The Morgan fingerprint density at radius 1 is 1.35 bits per heavy atom. The Morgan fingerprint density at radius 3 is 2.59 bits per heavy atom. The van der Waals surface area contributed by atoms with Gasteiger partial charge in [0.2, 0.25) is 5.95 Å². The maximum atomic E-state index is 11.8. The topological polar surface area (TPSA) is 70.7 Å². The number of aromatic nitrogens is 3. The molecule has 0 aliphatic carbocycles. The smallest absolute Gasteiger partial charge is 0.258 e. The first-order valence-electron chi connectivity index (χ1n) is 5.48. The number of carbonyl (C=O) groups excluding carboxylic acids is 1. The molecule has 2 rings (SSSR count). The number of hydrogen-bond donors (Lipinski definition) is 2. The highest BCUT2D eigenvalue weighted by Gasteiger charge is 2.08. The summed E-state index contributed by atoms with van der Waals surface area (Å²) in [5.41, 5.74) is 1.81. The van der Waals surface area contributed by atoms with Crippen molar-refractivity contribution in [3.63, 3.8) is 0 Å². The van der Waals surface area contributed by atoms with Crippen molar-refractivity contribution in [1.82, 2.24) is 15.2 Å². The molecule has 0 aliphatic heterocycles. The Bertz CT molecular complexity index is 516. The minimum atomic E-state index is -0.202. The molecule has 0 saturated heterocycles. The first-order valence-corrected chi connectivity index (χ1v) is 5.48. The van der Waals surface area contributed by atoms with E-state index in [1.165, 1.54) is 5.56 Å². The second-order valence-electron chi connectivity index (χ2n) is 3.75. The molecule has 1 aromatic carbocycles. The van der Waals surface area contributed by atoms with Gasteiger partial charge in [-0.1, -0.05) is 19.1 Å². The maximum Gasteiger partial charge on any atom is 0.258 e. The van der Waals surface area contributed by atoms with Gasteiger partial charge in [-0.15, -0.1) is 5.10 Å². The first-order chi connectivity index (χ1) is 8.19. The largest absolute Gasteiger partial charge is 0.289 e. The number of hydrogen-bond acceptors (Lipinski definition) is 3. The van der Waals surface area contributed by atoms with E-state index in [0.29, 0.717) is 17.3 Å². The van der Waals surface area contributed by atoms with Gasteiger partial charge >= 0.3 is 0 Å². The Morgan fingerprint density at radius 2 is 2.06 bits per heavy atom. The highest BCUT2D eigenvalue weighted by atomic mass is 16.1. The molecule has 0 atom stereocenters. The van der Waals surface area contributed by atoms with Crippen LogP contribution in [0.4, 0.5) is 5.95 Å². The van der Waals surface area contributed by atoms with E-state index < -0.39 is 0 Å². The van der Waals surface area contributed by atoms with Crippen LogP contribution >= 0.6 is 0 Å². The van der Waals surface area contributed by atoms with Crippen molar-refractivity contribution < 1.29 is 4.79 Å². The third-order valence-electron chi connectivity index (χ3n) is 2.45. The minimum absolute atomic E-state index is 0.202. The maximum absolute atomic E-state index is 11.8. The van der Waals surface area contributed by atoms with E-state index in [9.17, 15) is 4.79 Å². The molecule has 0 spiro atoms. The van der Waals surface area contributed by atoms with Crippen LogP contribution < -0.4 is 5.32 Å². The van der Waals surface area contributed by atoms with Crippen molar-refractivity contribution in [2.75, 3.05) is 5.32 Å². The molecule has 0 saturated carbocycles. The fourth-order valence-corrected chi connectivity index (χ4v) is 1.46. The van der Waals surface area contributed by atoms with Gasteiger partial charge in [-0.05, 0) is 31.0 Å². The molecule has 5 heteroatoms. The Kier molecular flexibility index (Phi) is 3.18. The molecule has 2 aromatic rings. The summed E-state index contributed by atoms with van der Waals surface area (Å²) in [6.07, 6.45) is 0.960. The summed E-state index contributed by atoms with van der Waals surface area (Å²) in [7, 11) is 0. The lowest BCUT2D eigenvalue weighted by molar-refractivity contribution is 0.102. The second kappa shape index (κ2) is 4.78. The van der Waals surface area contributed by atoms with Gasteiger partial charge in [0.25, 0.3) is 5.91 Å². The van der Waals surface area contributed by atoms with E-state index in [-0.39, 0.29) is 5.91 Å². The van der Waals surface area contributed by atoms with Gasteiger partial charge in [-0.2, -0.15) is 4.98 Å². The summed E-state index contributed by atoms with van der Waals surface area (Å²) in [6, 6.07) is 7.48. The van der Waals surface area contributed by atoms with E-state index in [0.717, 1.165) is 6.42 Å². The summed E-state index contributed by atoms with van der Waals surface area (Å²) < 4.78 is 0. The van der Waals surface area contributed by atoms with Crippen molar-refractivity contribution >= 4 is 11.9 Å². The number of nitrogens with one attached hydrogen (secondary N) is 2. The zero-order valence-electron chi connectivity index (χ0n) is 9.82. The molecule has 0 unspecified atom stereocenters. The number of benzene rings is 1. The molecule has 1 amide bonds. The van der Waals surface area contributed by atoms with Gasteiger partial charge in [0.1, 0.15) is 5.82 Å². The number of carbonyl (C=O) groups is 1. The number of rotatable bonds is 3. The van der Waals surface area contributed by atoms with Gasteiger partial charge in [0.05, 0.1) is 0 Å². The fraction of sp³-hybridized carbons (Fsp3) is 0.250. The summed E-state index contributed by atoms with van der Waals surface area (Å²) in [4.78, 5) is 15.8. The molecule has 1 aromatic heterocycles. The zero-order valence-corrected chi connectivity index (χ0v) is 9.82. The molecule has 1 heterocycles. The highest BCUT2D eigenvalue weighted by molar-refractivity contribution is 6.03. The first kappa shape index (κ1) is 11.3. The van der Waals surface area contributed by atoms with Gasteiger partial charge in [-0.25, -0.2) is 0 Å². The number of aromatic amines is 1. The van der Waals surface area contributed by atoms with Crippen LogP contribution in [-0.4, -0.2) is 21.1 Å². The molecule has 17 heavy (non-hydrogen) atoms. The van der Waals surface area contributed by atoms with Crippen LogP contribution in [0.5, 0.6) is 0 Å². The molecular weight excluding hydrogens is 216 g/mol. The van der Waals surface area contributed by atoms with E-state index in [1.54, 1.807) is 19.1 Å². The predicted octanol–water partition coefficient (Wildman–Crippen LogP) is 1.93. The zero-order chi connectivity index (χ0) is 12.3. The number of nitrogens with zero attached hydrogens (tertiary/aromatic N) is 2. The third kappa shape index (κ3) is 2.69. The molecule has 0 radical (unpaired) electrons. The van der Waals surface area contributed by atoms with Gasteiger partial charge in [0, 0.05) is 5.56 Å². The Hall–Kier alpha value is -2.17. The van der Waals surface area contributed by atoms with Crippen LogP contribution in [0.15, 0.2) is 24.3 Å². The van der Waals surface area contributed by atoms with E-state index in [1.807, 2.05) is 12.1 Å². The van der Waals surface area contributed by atoms with Crippen LogP contribution in [0.1, 0.15) is 28.7 Å². The van der Waals surface area contributed by atoms with Crippen LogP contribution in [0.3, 0.4) is 0 Å². The summed E-state index contributed by atoms with van der Waals surface area (Å²) >= 11 is 0. The minimum Gasteiger partial charge on any atom is -0.289 e. The monoisotopic (exact) mass is 230 g/mol. The summed E-state index contributed by atoms with van der Waals surface area (Å²) in [5, 5.41) is 9.14. The third-order valence-corrected chi connectivity index (χ3v) is 2.45. The van der Waals surface area contributed by atoms with Crippen LogP contribution in [0, 0.1) is 6.92 Å². The standard InChI is InChI=1S/C12H14N4O/c1-3-9-4-6-10(7-5-9)11(17)14-12-13-8(2)15-16-12/h4-7H,3H2,1-2H3,(H2,13,14,15,16,17). The van der Waals surface area contributed by atoms with E-state index >= 15 is 0 Å². The van der Waals surface area contributed by atoms with Crippen LogP contribution in [0.2, 0.25) is 0 Å². The lowest BCUT2D eigenvalue weighted by atomic mass is 10.1. The average Bonchev–Trinajstić information content (AvgIpc) is 2.75. The molecule has 0 aliphatic rings. The number of amides is 1. The average molecular weight is 230 g/mol. The Labute approximate surface area is 99.3 Å². The highest BCUT2D eigenvalue weighted by Crippen LogP contribution is 2.07. The molecule has 5 nitrogen and oxygen atoms in total. The van der Waals surface area contributed by atoms with E-state index in [4.69, 9.17) is 0 Å². The van der Waals surface area contributed by atoms with E-state index in [2.05, 4.69) is 27.4 Å². The van der Waals surface area contributed by atoms with Crippen molar-refractivity contribution in [2.24, 2.45) is 0 Å². The summed E-state index contributed by atoms with van der Waals surface area (Å²) in [5.74, 6) is 0.764. The van der Waals surface area contributed by atoms with Crippen LogP contribution in [-0.2, 0) is 6.42 Å². The molecule has 88 valence electrons. The van der Waals surface area contributed by atoms with Gasteiger partial charge in [-0.3, -0.25) is 15.2 Å². The lowest BCUT2D eigenvalue weighted by Crippen LogP contribution is -2.12. The van der Waals surface area contributed by atoms with Crippen molar-refractivity contribution in [1.29, 1.82) is 0 Å². The molecule has 2 N–H and O–H groups in total. The SMILES string of the molecule is CCc1ccc(C(=O)Nc2n[nH]c(C)n2)cc1. The fourth-order valence-electron chi connectivity index (χ4n) is 1.46.